The number of nitrogens with one attached hydrogen (secondary N) is 1. The van der Waals surface area contributed by atoms with Crippen LogP contribution in [0.1, 0.15) is 38.7 Å². The minimum atomic E-state index is -0.539. The Morgan fingerprint density at radius 3 is 2.63 bits per heavy atom. The summed E-state index contributed by atoms with van der Waals surface area (Å²) >= 11 is 0. The smallest absolute Gasteiger partial charge is 0.238 e. The van der Waals surface area contributed by atoms with E-state index >= 15 is 0 Å². The summed E-state index contributed by atoms with van der Waals surface area (Å²) in [6.07, 6.45) is 2.97. The van der Waals surface area contributed by atoms with Crippen LogP contribution in [0.25, 0.3) is 0 Å². The molecule has 1 fully saturated rings. The van der Waals surface area contributed by atoms with Crippen LogP contribution in [0.2, 0.25) is 0 Å². The fraction of sp³-hybridized carbons (Fsp3) is 0.562. The summed E-state index contributed by atoms with van der Waals surface area (Å²) in [4.78, 5) is 12.0. The van der Waals surface area contributed by atoms with Gasteiger partial charge in [-0.2, -0.15) is 0 Å². The van der Waals surface area contributed by atoms with Crippen molar-refractivity contribution in [1.29, 1.82) is 0 Å². The van der Waals surface area contributed by atoms with Crippen LogP contribution < -0.4 is 11.1 Å². The highest BCUT2D eigenvalue weighted by molar-refractivity contribution is 5.85. The van der Waals surface area contributed by atoms with Gasteiger partial charge in [0, 0.05) is 6.54 Å². The van der Waals surface area contributed by atoms with Crippen molar-refractivity contribution in [1.82, 2.24) is 5.32 Å². The van der Waals surface area contributed by atoms with E-state index < -0.39 is 5.54 Å². The summed E-state index contributed by atoms with van der Waals surface area (Å²) in [5.41, 5.74) is 6.35. The van der Waals surface area contributed by atoms with Crippen molar-refractivity contribution in [2.75, 3.05) is 0 Å². The molecule has 0 spiro atoms. The molecule has 19 heavy (non-hydrogen) atoms. The van der Waals surface area contributed by atoms with Crippen molar-refractivity contribution in [3.63, 3.8) is 0 Å². The third-order valence-corrected chi connectivity index (χ3v) is 4.52. The predicted molar refractivity (Wildman–Crippen MR) is 77.4 cm³/mol. The highest BCUT2D eigenvalue weighted by Gasteiger charge is 2.44. The molecule has 1 aliphatic carbocycles. The molecule has 3 N–H and O–H groups in total. The van der Waals surface area contributed by atoms with Gasteiger partial charge in [-0.15, -0.1) is 0 Å². The molecular formula is C16H24N2O. The van der Waals surface area contributed by atoms with Gasteiger partial charge in [0.25, 0.3) is 0 Å². The van der Waals surface area contributed by atoms with Crippen LogP contribution in [0.3, 0.4) is 0 Å². The molecule has 104 valence electrons. The van der Waals surface area contributed by atoms with E-state index in [4.69, 9.17) is 5.73 Å². The van der Waals surface area contributed by atoms with Gasteiger partial charge in [-0.25, -0.2) is 0 Å². The maximum absolute atomic E-state index is 12.0. The van der Waals surface area contributed by atoms with Gasteiger partial charge in [-0.05, 0) is 36.7 Å². The summed E-state index contributed by atoms with van der Waals surface area (Å²) in [6, 6.07) is 10.2. The first-order valence-corrected chi connectivity index (χ1v) is 7.13. The van der Waals surface area contributed by atoms with Gasteiger partial charge < -0.3 is 5.73 Å². The number of rotatable bonds is 4. The van der Waals surface area contributed by atoms with Gasteiger partial charge in [-0.1, -0.05) is 44.2 Å². The number of carbonyl (C=O) groups excluding carboxylic acids is 1. The summed E-state index contributed by atoms with van der Waals surface area (Å²) < 4.78 is 0. The zero-order valence-electron chi connectivity index (χ0n) is 11.9. The lowest BCUT2D eigenvalue weighted by molar-refractivity contribution is -0.128. The van der Waals surface area contributed by atoms with Gasteiger partial charge in [0.1, 0.15) is 5.54 Å². The molecule has 1 saturated carbocycles. The molecule has 0 aliphatic heterocycles. The number of nitrogens with two attached hydrogens (primary N) is 1. The van der Waals surface area contributed by atoms with Crippen molar-refractivity contribution < 1.29 is 4.79 Å². The Bertz CT molecular complexity index is 432. The van der Waals surface area contributed by atoms with Crippen molar-refractivity contribution in [3.8, 4) is 0 Å². The SMILES string of the molecule is CC1CCC(NCc2ccccc2)(C(N)=O)C(C)C1. The molecule has 0 heterocycles. The Balaban J connectivity index is 2.10. The normalized spacial score (nSPS) is 31.1. The highest BCUT2D eigenvalue weighted by atomic mass is 16.1. The number of benzene rings is 1. The second-order valence-corrected chi connectivity index (χ2v) is 5.96. The van der Waals surface area contributed by atoms with Crippen LogP contribution in [-0.4, -0.2) is 11.4 Å². The average Bonchev–Trinajstić information content (AvgIpc) is 2.39. The first-order valence-electron chi connectivity index (χ1n) is 7.13. The van der Waals surface area contributed by atoms with Crippen molar-refractivity contribution in [3.05, 3.63) is 35.9 Å². The summed E-state index contributed by atoms with van der Waals surface area (Å²) in [7, 11) is 0. The highest BCUT2D eigenvalue weighted by Crippen LogP contribution is 2.36. The number of amides is 1. The zero-order chi connectivity index (χ0) is 13.9. The Morgan fingerprint density at radius 1 is 1.37 bits per heavy atom. The van der Waals surface area contributed by atoms with E-state index in [1.807, 2.05) is 18.2 Å². The predicted octanol–water partition coefficient (Wildman–Crippen LogP) is 2.46. The molecule has 0 bridgehead atoms. The van der Waals surface area contributed by atoms with E-state index in [1.54, 1.807) is 0 Å². The molecule has 3 atom stereocenters. The van der Waals surface area contributed by atoms with E-state index in [1.165, 1.54) is 5.56 Å². The molecule has 3 unspecified atom stereocenters. The molecule has 1 amide bonds. The Labute approximate surface area is 115 Å². The lowest BCUT2D eigenvalue weighted by Crippen LogP contribution is -2.61. The molecular weight excluding hydrogens is 236 g/mol. The number of hydrogen-bond donors (Lipinski definition) is 2. The van der Waals surface area contributed by atoms with Crippen LogP contribution in [0.4, 0.5) is 0 Å². The first kappa shape index (κ1) is 14.1. The van der Waals surface area contributed by atoms with Crippen LogP contribution >= 0.6 is 0 Å². The molecule has 1 aliphatic rings. The third-order valence-electron chi connectivity index (χ3n) is 4.52. The molecule has 3 heteroatoms. The van der Waals surface area contributed by atoms with Gasteiger partial charge in [0.15, 0.2) is 0 Å². The second-order valence-electron chi connectivity index (χ2n) is 5.96. The summed E-state index contributed by atoms with van der Waals surface area (Å²) in [5, 5.41) is 3.45. The van der Waals surface area contributed by atoms with Gasteiger partial charge in [0.05, 0.1) is 0 Å². The Kier molecular flexibility index (Phi) is 4.25. The van der Waals surface area contributed by atoms with Gasteiger partial charge >= 0.3 is 0 Å². The lowest BCUT2D eigenvalue weighted by atomic mass is 9.69. The minimum Gasteiger partial charge on any atom is -0.368 e. The molecule has 0 radical (unpaired) electrons. The summed E-state index contributed by atoms with van der Waals surface area (Å²) in [5.74, 6) is 0.765. The molecule has 2 rings (SSSR count). The van der Waals surface area contributed by atoms with Crippen molar-refractivity contribution in [2.24, 2.45) is 17.6 Å². The molecule has 1 aromatic rings. The van der Waals surface area contributed by atoms with Crippen LogP contribution in [-0.2, 0) is 11.3 Å². The standard InChI is InChI=1S/C16H24N2O/c1-12-8-9-16(15(17)19,13(2)10-12)18-11-14-6-4-3-5-7-14/h3-7,12-13,18H,8-11H2,1-2H3,(H2,17,19). The average molecular weight is 260 g/mol. The van der Waals surface area contributed by atoms with E-state index in [9.17, 15) is 4.79 Å². The first-order chi connectivity index (χ1) is 9.04. The zero-order valence-corrected chi connectivity index (χ0v) is 11.9. The van der Waals surface area contributed by atoms with Crippen molar-refractivity contribution >= 4 is 5.91 Å². The molecule has 0 aromatic heterocycles. The van der Waals surface area contributed by atoms with E-state index in [0.717, 1.165) is 19.3 Å². The maximum Gasteiger partial charge on any atom is 0.238 e. The van der Waals surface area contributed by atoms with Gasteiger partial charge in [-0.3, -0.25) is 10.1 Å². The minimum absolute atomic E-state index is 0.206. The largest absolute Gasteiger partial charge is 0.368 e. The van der Waals surface area contributed by atoms with E-state index in [-0.39, 0.29) is 11.8 Å². The topological polar surface area (TPSA) is 55.1 Å². The van der Waals surface area contributed by atoms with Gasteiger partial charge in [0.2, 0.25) is 5.91 Å². The van der Waals surface area contributed by atoms with Crippen LogP contribution in [0, 0.1) is 11.8 Å². The fourth-order valence-corrected chi connectivity index (χ4v) is 3.21. The molecule has 3 nitrogen and oxygen atoms in total. The number of primary amides is 1. The number of hydrogen-bond acceptors (Lipinski definition) is 2. The Morgan fingerprint density at radius 2 is 2.05 bits per heavy atom. The molecule has 0 saturated heterocycles. The number of carbonyl (C=O) groups is 1. The van der Waals surface area contributed by atoms with Crippen LogP contribution in [0.15, 0.2) is 30.3 Å². The van der Waals surface area contributed by atoms with E-state index in [0.29, 0.717) is 12.5 Å². The van der Waals surface area contributed by atoms with Crippen LogP contribution in [0.5, 0.6) is 0 Å². The maximum atomic E-state index is 12.0. The monoisotopic (exact) mass is 260 g/mol. The van der Waals surface area contributed by atoms with E-state index in [2.05, 4.69) is 31.3 Å². The fourth-order valence-electron chi connectivity index (χ4n) is 3.21. The Hall–Kier alpha value is -1.35. The molecule has 1 aromatic carbocycles. The summed E-state index contributed by atoms with van der Waals surface area (Å²) in [6.45, 7) is 5.08. The lowest BCUT2D eigenvalue weighted by Gasteiger charge is -2.43. The quantitative estimate of drug-likeness (QED) is 0.873. The third kappa shape index (κ3) is 2.98. The second kappa shape index (κ2) is 5.74. The van der Waals surface area contributed by atoms with Crippen molar-refractivity contribution in [2.45, 2.75) is 45.2 Å².